The molecule has 1 saturated carbocycles. The van der Waals surface area contributed by atoms with E-state index in [4.69, 9.17) is 14.2 Å². The lowest BCUT2D eigenvalue weighted by Gasteiger charge is -2.36. The average molecular weight is 366 g/mol. The molecule has 1 aliphatic carbocycles. The second kappa shape index (κ2) is 10.6. The quantitative estimate of drug-likeness (QED) is 0.309. The zero-order valence-corrected chi connectivity index (χ0v) is 16.3. The number of nitrogens with one attached hydrogen (secondary N) is 1. The second-order valence-electron chi connectivity index (χ2n) is 6.92. The van der Waals surface area contributed by atoms with Gasteiger partial charge < -0.3 is 19.5 Å². The summed E-state index contributed by atoms with van der Waals surface area (Å²) in [6.07, 6.45) is 7.97. The van der Waals surface area contributed by atoms with Gasteiger partial charge in [0.05, 0.1) is 6.61 Å². The third kappa shape index (κ3) is 9.25. The lowest BCUT2D eigenvalue weighted by atomic mass is 9.89. The minimum absolute atomic E-state index is 0.0151. The lowest BCUT2D eigenvalue weighted by Crippen LogP contribution is -2.49. The topological polar surface area (TPSA) is 86.2 Å². The number of amides is 1. The van der Waals surface area contributed by atoms with Gasteiger partial charge in [0.1, 0.15) is 24.0 Å². The van der Waals surface area contributed by atoms with Crippen molar-refractivity contribution in [3.8, 4) is 0 Å². The molecule has 0 aromatic heterocycles. The summed E-state index contributed by atoms with van der Waals surface area (Å²) in [5, 5.41) is 2.83. The van der Waals surface area contributed by atoms with Gasteiger partial charge in [0.2, 0.25) is 0 Å². The molecule has 0 atom stereocenters. The molecule has 1 aliphatic rings. The summed E-state index contributed by atoms with van der Waals surface area (Å²) < 4.78 is 15.9. The maximum absolute atomic E-state index is 11.7. The Bertz CT molecular complexity index is 555. The molecule has 0 unspecified atom stereocenters. The summed E-state index contributed by atoms with van der Waals surface area (Å²) in [5.41, 5.74) is -0.506. The molecule has 1 amide bonds. The smallest absolute Gasteiger partial charge is 0.407 e. The van der Waals surface area contributed by atoms with E-state index in [2.05, 4.69) is 10.3 Å². The Morgan fingerprint density at radius 1 is 1.27 bits per heavy atom. The average Bonchev–Trinajstić information content (AvgIpc) is 2.47. The van der Waals surface area contributed by atoms with Gasteiger partial charge in [-0.25, -0.2) is 4.79 Å². The minimum atomic E-state index is -0.506. The Morgan fingerprint density at radius 2 is 1.96 bits per heavy atom. The van der Waals surface area contributed by atoms with Crippen molar-refractivity contribution < 1.29 is 23.8 Å². The number of alkyl carbamates (subject to hydrolysis) is 1. The van der Waals surface area contributed by atoms with Crippen molar-refractivity contribution in [2.45, 2.75) is 65.2 Å². The molecule has 0 saturated heterocycles. The SMILES string of the molecule is C\C=C/C(=C\C=N\CC(=O)OCC)O[C@H]1C[C@@H](NC(=O)OC(C)(C)C)C1. The van der Waals surface area contributed by atoms with Crippen molar-refractivity contribution in [1.29, 1.82) is 0 Å². The van der Waals surface area contributed by atoms with Crippen LogP contribution >= 0.6 is 0 Å². The first kappa shape index (κ1) is 21.7. The highest BCUT2D eigenvalue weighted by molar-refractivity contribution is 5.78. The van der Waals surface area contributed by atoms with Crippen molar-refractivity contribution in [2.24, 2.45) is 4.99 Å². The van der Waals surface area contributed by atoms with Crippen LogP contribution in [0.1, 0.15) is 47.5 Å². The normalized spacial score (nSPS) is 20.7. The summed E-state index contributed by atoms with van der Waals surface area (Å²) >= 11 is 0. The highest BCUT2D eigenvalue weighted by Crippen LogP contribution is 2.26. The monoisotopic (exact) mass is 366 g/mol. The fourth-order valence-electron chi connectivity index (χ4n) is 2.20. The highest BCUT2D eigenvalue weighted by atomic mass is 16.6. The van der Waals surface area contributed by atoms with Gasteiger partial charge in [-0.1, -0.05) is 6.08 Å². The first-order valence-electron chi connectivity index (χ1n) is 8.88. The summed E-state index contributed by atoms with van der Waals surface area (Å²) in [7, 11) is 0. The van der Waals surface area contributed by atoms with E-state index in [0.29, 0.717) is 25.2 Å². The highest BCUT2D eigenvalue weighted by Gasteiger charge is 2.33. The molecule has 0 radical (unpaired) electrons. The standard InChI is InChI=1S/C19H30N2O5/c1-6-8-15(9-10-20-13-17(22)24-7-2)25-16-11-14(12-16)21-18(23)26-19(3,4)5/h6,8-10,14,16H,7,11-13H2,1-5H3,(H,21,23)/b8-6-,15-9+,20-10+/t14-,16+. The molecule has 0 bridgehead atoms. The molecule has 0 heterocycles. The summed E-state index contributed by atoms with van der Waals surface area (Å²) in [6.45, 7) is 9.46. The molecule has 0 aromatic rings. The molecule has 7 heteroatoms. The number of esters is 1. The Morgan fingerprint density at radius 3 is 2.54 bits per heavy atom. The van der Waals surface area contributed by atoms with Crippen LogP contribution in [0.15, 0.2) is 29.0 Å². The van der Waals surface area contributed by atoms with E-state index < -0.39 is 11.7 Å². The first-order valence-corrected chi connectivity index (χ1v) is 8.88. The van der Waals surface area contributed by atoms with E-state index in [1.54, 1.807) is 13.0 Å². The fraction of sp³-hybridized carbons (Fsp3) is 0.632. The molecule has 146 valence electrons. The van der Waals surface area contributed by atoms with E-state index in [1.165, 1.54) is 6.21 Å². The maximum Gasteiger partial charge on any atom is 0.407 e. The number of hydrogen-bond acceptors (Lipinski definition) is 6. The van der Waals surface area contributed by atoms with Gasteiger partial charge in [-0.3, -0.25) is 9.79 Å². The Labute approximate surface area is 155 Å². The number of nitrogens with zero attached hydrogens (tertiary/aromatic N) is 1. The van der Waals surface area contributed by atoms with Crippen molar-refractivity contribution >= 4 is 18.3 Å². The van der Waals surface area contributed by atoms with Crippen LogP contribution in [0.3, 0.4) is 0 Å². The third-order valence-electron chi connectivity index (χ3n) is 3.32. The Kier molecular flexibility index (Phi) is 8.88. The van der Waals surface area contributed by atoms with Gasteiger partial charge in [-0.2, -0.15) is 0 Å². The molecule has 0 aromatic carbocycles. The summed E-state index contributed by atoms with van der Waals surface area (Å²) in [4.78, 5) is 26.9. The molecule has 1 fully saturated rings. The molecular formula is C19H30N2O5. The third-order valence-corrected chi connectivity index (χ3v) is 3.32. The Balaban J connectivity index is 2.38. The Hall–Kier alpha value is -2.31. The molecular weight excluding hydrogens is 336 g/mol. The molecule has 26 heavy (non-hydrogen) atoms. The number of rotatable bonds is 8. The van der Waals surface area contributed by atoms with Gasteiger partial charge in [-0.15, -0.1) is 0 Å². The molecule has 0 spiro atoms. The first-order chi connectivity index (χ1) is 12.2. The van der Waals surface area contributed by atoms with E-state index in [-0.39, 0.29) is 24.7 Å². The zero-order valence-electron chi connectivity index (χ0n) is 16.3. The van der Waals surface area contributed by atoms with Crippen molar-refractivity contribution in [1.82, 2.24) is 5.32 Å². The van der Waals surface area contributed by atoms with E-state index in [1.807, 2.05) is 39.8 Å². The molecule has 7 nitrogen and oxygen atoms in total. The van der Waals surface area contributed by atoms with E-state index in [0.717, 1.165) is 0 Å². The van der Waals surface area contributed by atoms with E-state index >= 15 is 0 Å². The number of carbonyl (C=O) groups excluding carboxylic acids is 2. The largest absolute Gasteiger partial charge is 0.490 e. The van der Waals surface area contributed by atoms with Crippen LogP contribution in [0, 0.1) is 0 Å². The van der Waals surface area contributed by atoms with Crippen LogP contribution in [-0.4, -0.2) is 49.2 Å². The van der Waals surface area contributed by atoms with E-state index in [9.17, 15) is 9.59 Å². The second-order valence-corrected chi connectivity index (χ2v) is 6.92. The van der Waals surface area contributed by atoms with Crippen LogP contribution in [-0.2, 0) is 19.0 Å². The minimum Gasteiger partial charge on any atom is -0.490 e. The van der Waals surface area contributed by atoms with Crippen LogP contribution in [0.25, 0.3) is 0 Å². The molecule has 0 aliphatic heterocycles. The van der Waals surface area contributed by atoms with Crippen LogP contribution in [0.5, 0.6) is 0 Å². The number of ether oxygens (including phenoxy) is 3. The lowest BCUT2D eigenvalue weighted by molar-refractivity contribution is -0.141. The van der Waals surface area contributed by atoms with Crippen molar-refractivity contribution in [2.75, 3.05) is 13.2 Å². The summed E-state index contributed by atoms with van der Waals surface area (Å²) in [5.74, 6) is 0.293. The fourth-order valence-corrected chi connectivity index (χ4v) is 2.20. The number of hydrogen-bond donors (Lipinski definition) is 1. The predicted molar refractivity (Wildman–Crippen MR) is 100 cm³/mol. The zero-order chi connectivity index (χ0) is 19.6. The van der Waals surface area contributed by atoms with Gasteiger partial charge >= 0.3 is 12.1 Å². The maximum atomic E-state index is 11.7. The predicted octanol–water partition coefficient (Wildman–Crippen LogP) is 3.15. The molecule has 1 rings (SSSR count). The van der Waals surface area contributed by atoms with Crippen LogP contribution < -0.4 is 5.32 Å². The van der Waals surface area contributed by atoms with Crippen LogP contribution in [0.4, 0.5) is 4.79 Å². The summed E-state index contributed by atoms with van der Waals surface area (Å²) in [6, 6.07) is 0.0548. The van der Waals surface area contributed by atoms with Gasteiger partial charge in [0.15, 0.2) is 0 Å². The van der Waals surface area contributed by atoms with Crippen molar-refractivity contribution in [3.63, 3.8) is 0 Å². The molecule has 1 N–H and O–H groups in total. The van der Waals surface area contributed by atoms with Crippen LogP contribution in [0.2, 0.25) is 0 Å². The van der Waals surface area contributed by atoms with Crippen molar-refractivity contribution in [3.05, 3.63) is 24.0 Å². The number of carbonyl (C=O) groups is 2. The van der Waals surface area contributed by atoms with Gasteiger partial charge in [0, 0.05) is 25.1 Å². The van der Waals surface area contributed by atoms with Gasteiger partial charge in [-0.05, 0) is 46.8 Å². The van der Waals surface area contributed by atoms with Gasteiger partial charge in [0.25, 0.3) is 0 Å². The number of allylic oxidation sites excluding steroid dienone is 3. The number of aliphatic imine (C=N–C) groups is 1.